The number of hydrogen-bond donors (Lipinski definition) is 1. The van der Waals surface area contributed by atoms with Gasteiger partial charge in [0.1, 0.15) is 6.61 Å². The van der Waals surface area contributed by atoms with Gasteiger partial charge in [-0.2, -0.15) is 0 Å². The van der Waals surface area contributed by atoms with Crippen LogP contribution in [0.25, 0.3) is 0 Å². The molecule has 1 heterocycles. The van der Waals surface area contributed by atoms with Gasteiger partial charge in [-0.1, -0.05) is 13.0 Å². The molecule has 0 saturated carbocycles. The van der Waals surface area contributed by atoms with Crippen LogP contribution in [-0.4, -0.2) is 13.2 Å². The number of benzene rings is 1. The molecule has 0 aliphatic rings. The van der Waals surface area contributed by atoms with Crippen molar-refractivity contribution in [3.8, 4) is 11.5 Å². The minimum absolute atomic E-state index is 0.166. The number of hydrogen-bond acceptors (Lipinski definition) is 4. The minimum atomic E-state index is 0.166. The molecule has 0 fully saturated rings. The summed E-state index contributed by atoms with van der Waals surface area (Å²) >= 11 is 5.25. The van der Waals surface area contributed by atoms with E-state index < -0.39 is 0 Å². The molecular weight excluding hydrogens is 350 g/mol. The second-order valence-corrected chi connectivity index (χ2v) is 6.74. The molecule has 1 aromatic heterocycles. The van der Waals surface area contributed by atoms with Crippen molar-refractivity contribution >= 4 is 27.3 Å². The summed E-state index contributed by atoms with van der Waals surface area (Å²) in [5, 5.41) is 2.04. The fourth-order valence-corrected chi connectivity index (χ4v) is 3.24. The lowest BCUT2D eigenvalue weighted by molar-refractivity contribution is 0.285. The molecule has 1 unspecified atom stereocenters. The van der Waals surface area contributed by atoms with Crippen LogP contribution in [0.5, 0.6) is 11.5 Å². The number of nitrogens with two attached hydrogens (primary N) is 1. The van der Waals surface area contributed by atoms with Crippen molar-refractivity contribution < 1.29 is 9.47 Å². The first-order valence-electron chi connectivity index (χ1n) is 6.91. The van der Waals surface area contributed by atoms with Gasteiger partial charge >= 0.3 is 0 Å². The molecule has 0 spiro atoms. The van der Waals surface area contributed by atoms with Gasteiger partial charge in [-0.25, -0.2) is 0 Å². The molecule has 5 heteroatoms. The molecule has 3 nitrogen and oxygen atoms in total. The van der Waals surface area contributed by atoms with Gasteiger partial charge in [0, 0.05) is 10.9 Å². The van der Waals surface area contributed by atoms with Gasteiger partial charge in [0.25, 0.3) is 0 Å². The maximum absolute atomic E-state index is 6.02. The third-order valence-electron chi connectivity index (χ3n) is 3.25. The topological polar surface area (TPSA) is 44.5 Å². The van der Waals surface area contributed by atoms with Crippen LogP contribution >= 0.6 is 27.3 Å². The zero-order chi connectivity index (χ0) is 15.2. The SMILES string of the molecule is CCC(N)Cc1cc(Br)c(OCc2cccs2)c(OC)c1. The maximum Gasteiger partial charge on any atom is 0.175 e. The lowest BCUT2D eigenvalue weighted by atomic mass is 10.0. The van der Waals surface area contributed by atoms with Crippen molar-refractivity contribution in [2.45, 2.75) is 32.4 Å². The predicted octanol–water partition coefficient (Wildman–Crippen LogP) is 4.38. The zero-order valence-electron chi connectivity index (χ0n) is 12.3. The molecule has 1 atom stereocenters. The Morgan fingerprint density at radius 1 is 1.38 bits per heavy atom. The van der Waals surface area contributed by atoms with Gasteiger partial charge in [0.15, 0.2) is 11.5 Å². The number of halogens is 1. The first kappa shape index (κ1) is 16.3. The van der Waals surface area contributed by atoms with Crippen molar-refractivity contribution in [2.75, 3.05) is 7.11 Å². The normalized spacial score (nSPS) is 12.2. The molecule has 0 saturated heterocycles. The summed E-state index contributed by atoms with van der Waals surface area (Å²) in [6.45, 7) is 2.63. The molecule has 2 rings (SSSR count). The van der Waals surface area contributed by atoms with Crippen molar-refractivity contribution in [2.24, 2.45) is 5.73 Å². The van der Waals surface area contributed by atoms with Crippen LogP contribution in [0.2, 0.25) is 0 Å². The van der Waals surface area contributed by atoms with Crippen LogP contribution in [0.1, 0.15) is 23.8 Å². The number of ether oxygens (including phenoxy) is 2. The Morgan fingerprint density at radius 3 is 2.81 bits per heavy atom. The fraction of sp³-hybridized carbons (Fsp3) is 0.375. The third kappa shape index (κ3) is 4.46. The molecule has 0 amide bonds. The van der Waals surface area contributed by atoms with Crippen LogP contribution in [0, 0.1) is 0 Å². The summed E-state index contributed by atoms with van der Waals surface area (Å²) in [6, 6.07) is 8.30. The highest BCUT2D eigenvalue weighted by Gasteiger charge is 2.13. The highest BCUT2D eigenvalue weighted by atomic mass is 79.9. The molecule has 0 bridgehead atoms. The maximum atomic E-state index is 6.02. The molecule has 2 N–H and O–H groups in total. The Labute approximate surface area is 138 Å². The molecule has 114 valence electrons. The van der Waals surface area contributed by atoms with E-state index in [-0.39, 0.29) is 6.04 Å². The summed E-state index contributed by atoms with van der Waals surface area (Å²) < 4.78 is 12.3. The average molecular weight is 370 g/mol. The summed E-state index contributed by atoms with van der Waals surface area (Å²) in [6.07, 6.45) is 1.78. The average Bonchev–Trinajstić information content (AvgIpc) is 2.98. The second kappa shape index (κ2) is 7.82. The monoisotopic (exact) mass is 369 g/mol. The zero-order valence-corrected chi connectivity index (χ0v) is 14.7. The van der Waals surface area contributed by atoms with Crippen LogP contribution in [-0.2, 0) is 13.0 Å². The van der Waals surface area contributed by atoms with Crippen molar-refractivity contribution in [3.63, 3.8) is 0 Å². The van der Waals surface area contributed by atoms with E-state index in [2.05, 4.69) is 35.0 Å². The van der Waals surface area contributed by atoms with Gasteiger partial charge in [-0.05, 0) is 57.9 Å². The van der Waals surface area contributed by atoms with Crippen LogP contribution in [0.3, 0.4) is 0 Å². The first-order chi connectivity index (χ1) is 10.1. The number of rotatable bonds is 7. The molecule has 0 aliphatic carbocycles. The molecule has 0 radical (unpaired) electrons. The lowest BCUT2D eigenvalue weighted by Crippen LogP contribution is -2.21. The van der Waals surface area contributed by atoms with Crippen LogP contribution in [0.4, 0.5) is 0 Å². The van der Waals surface area contributed by atoms with E-state index in [0.29, 0.717) is 6.61 Å². The van der Waals surface area contributed by atoms with Gasteiger partial charge in [-0.3, -0.25) is 0 Å². The number of thiophene rings is 1. The summed E-state index contributed by atoms with van der Waals surface area (Å²) in [7, 11) is 1.66. The summed E-state index contributed by atoms with van der Waals surface area (Å²) in [5.74, 6) is 1.47. The largest absolute Gasteiger partial charge is 0.493 e. The van der Waals surface area contributed by atoms with Crippen molar-refractivity contribution in [3.05, 3.63) is 44.6 Å². The Hall–Kier alpha value is -1.04. The van der Waals surface area contributed by atoms with Gasteiger partial charge in [-0.15, -0.1) is 11.3 Å². The van der Waals surface area contributed by atoms with E-state index in [4.69, 9.17) is 15.2 Å². The molecule has 21 heavy (non-hydrogen) atoms. The second-order valence-electron chi connectivity index (χ2n) is 4.85. The number of methoxy groups -OCH3 is 1. The Balaban J connectivity index is 2.16. The smallest absolute Gasteiger partial charge is 0.175 e. The Kier molecular flexibility index (Phi) is 6.08. The lowest BCUT2D eigenvalue weighted by Gasteiger charge is -2.15. The third-order valence-corrected chi connectivity index (χ3v) is 4.69. The highest BCUT2D eigenvalue weighted by Crippen LogP contribution is 2.37. The van der Waals surface area contributed by atoms with E-state index in [0.717, 1.165) is 34.4 Å². The predicted molar refractivity (Wildman–Crippen MR) is 91.3 cm³/mol. The van der Waals surface area contributed by atoms with E-state index in [1.807, 2.05) is 17.5 Å². The van der Waals surface area contributed by atoms with Gasteiger partial charge in [0.2, 0.25) is 0 Å². The molecule has 0 aliphatic heterocycles. The van der Waals surface area contributed by atoms with Crippen LogP contribution in [0.15, 0.2) is 34.1 Å². The summed E-state index contributed by atoms with van der Waals surface area (Å²) in [5.41, 5.74) is 7.17. The Morgan fingerprint density at radius 2 is 2.19 bits per heavy atom. The Bertz CT molecular complexity index is 572. The van der Waals surface area contributed by atoms with Crippen LogP contribution < -0.4 is 15.2 Å². The fourth-order valence-electron chi connectivity index (χ4n) is 2.02. The quantitative estimate of drug-likeness (QED) is 0.787. The standard InChI is InChI=1S/C16H20BrNO2S/c1-3-12(18)7-11-8-14(17)16(15(9-11)19-2)20-10-13-5-4-6-21-13/h4-6,8-9,12H,3,7,10,18H2,1-2H3. The van der Waals surface area contributed by atoms with Crippen molar-refractivity contribution in [1.82, 2.24) is 0 Å². The van der Waals surface area contributed by atoms with Gasteiger partial charge < -0.3 is 15.2 Å². The van der Waals surface area contributed by atoms with E-state index in [1.165, 1.54) is 4.88 Å². The van der Waals surface area contributed by atoms with Crippen molar-refractivity contribution in [1.29, 1.82) is 0 Å². The van der Waals surface area contributed by atoms with E-state index >= 15 is 0 Å². The first-order valence-corrected chi connectivity index (χ1v) is 8.58. The molecular formula is C16H20BrNO2S. The van der Waals surface area contributed by atoms with E-state index in [9.17, 15) is 0 Å². The highest BCUT2D eigenvalue weighted by molar-refractivity contribution is 9.10. The summed E-state index contributed by atoms with van der Waals surface area (Å²) in [4.78, 5) is 1.18. The molecule has 2 aromatic rings. The minimum Gasteiger partial charge on any atom is -0.493 e. The van der Waals surface area contributed by atoms with Gasteiger partial charge in [0.05, 0.1) is 11.6 Å². The molecule has 1 aromatic carbocycles. The van der Waals surface area contributed by atoms with E-state index in [1.54, 1.807) is 18.4 Å².